The normalized spacial score (nSPS) is 15.9. The van der Waals surface area contributed by atoms with E-state index in [0.717, 1.165) is 36.1 Å². The molecule has 0 unspecified atom stereocenters. The number of unbranched alkanes of at least 4 members (excludes halogenated alkanes) is 1. The van der Waals surface area contributed by atoms with Crippen LogP contribution in [0.1, 0.15) is 95.4 Å². The minimum Gasteiger partial charge on any atom is -0.487 e. The van der Waals surface area contributed by atoms with Crippen molar-refractivity contribution < 1.29 is 27.4 Å². The lowest BCUT2D eigenvalue weighted by atomic mass is 9.88. The monoisotopic (exact) mass is 611 g/mol. The van der Waals surface area contributed by atoms with Crippen LogP contribution in [0.15, 0.2) is 9.89 Å². The molecule has 0 saturated heterocycles. The Morgan fingerprint density at radius 1 is 1.02 bits per heavy atom. The maximum Gasteiger partial charge on any atom is 0.241 e. The summed E-state index contributed by atoms with van der Waals surface area (Å²) < 4.78 is 48.7. The Morgan fingerprint density at radius 3 is 2.24 bits per heavy atom. The largest absolute Gasteiger partial charge is 0.487 e. The summed E-state index contributed by atoms with van der Waals surface area (Å²) in [6.45, 7) is 16.4. The van der Waals surface area contributed by atoms with Crippen LogP contribution < -0.4 is 26.2 Å². The Balaban J connectivity index is 2.45. The molecule has 0 fully saturated rings. The van der Waals surface area contributed by atoms with E-state index in [-0.39, 0.29) is 29.4 Å². The summed E-state index contributed by atoms with van der Waals surface area (Å²) in [7, 11) is -4.11. The molecule has 2 rings (SSSR count). The fourth-order valence-corrected chi connectivity index (χ4v) is 7.14. The van der Waals surface area contributed by atoms with Crippen LogP contribution in [0.25, 0.3) is 0 Å². The minimum absolute atomic E-state index is 0.0614. The molecule has 0 radical (unpaired) electrons. The zero-order valence-electron chi connectivity index (χ0n) is 26.8. The number of carbonyl (C=O) groups excluding carboxylic acids is 1. The van der Waals surface area contributed by atoms with Crippen molar-refractivity contribution in [2.24, 2.45) is 16.5 Å². The summed E-state index contributed by atoms with van der Waals surface area (Å²) >= 11 is 0. The molecule has 1 aliphatic rings. The van der Waals surface area contributed by atoms with Gasteiger partial charge in [-0.1, -0.05) is 19.8 Å². The molecule has 0 aromatic heterocycles. The molecular weight excluding hydrogens is 558 g/mol. The van der Waals surface area contributed by atoms with Gasteiger partial charge in [-0.25, -0.2) is 8.42 Å². The maximum absolute atomic E-state index is 14.0. The summed E-state index contributed by atoms with van der Waals surface area (Å²) in [5.74, 6) is 0.237. The third-order valence-corrected chi connectivity index (χ3v) is 9.43. The number of benzene rings is 1. The molecule has 240 valence electrons. The van der Waals surface area contributed by atoms with Gasteiger partial charge in [0.15, 0.2) is 12.2 Å². The summed E-state index contributed by atoms with van der Waals surface area (Å²) in [6, 6.07) is -1.51. The Labute approximate surface area is 252 Å². The van der Waals surface area contributed by atoms with Crippen LogP contribution in [0.4, 0.5) is 0 Å². The van der Waals surface area contributed by atoms with Crippen molar-refractivity contribution in [3.63, 3.8) is 0 Å². The van der Waals surface area contributed by atoms with Crippen molar-refractivity contribution in [3.8, 4) is 5.75 Å². The first-order chi connectivity index (χ1) is 19.7. The van der Waals surface area contributed by atoms with Crippen molar-refractivity contribution >= 4 is 21.9 Å². The number of carbonyl (C=O) groups is 1. The van der Waals surface area contributed by atoms with Gasteiger partial charge < -0.3 is 31.0 Å². The van der Waals surface area contributed by atoms with Crippen molar-refractivity contribution in [1.29, 1.82) is 0 Å². The lowest BCUT2D eigenvalue weighted by Gasteiger charge is -2.36. The molecule has 11 nitrogen and oxygen atoms in total. The Hall–Kier alpha value is -2.41. The van der Waals surface area contributed by atoms with E-state index in [4.69, 9.17) is 25.7 Å². The summed E-state index contributed by atoms with van der Waals surface area (Å²) in [6.07, 6.45) is 3.79. The first-order valence-electron chi connectivity index (χ1n) is 15.1. The van der Waals surface area contributed by atoms with Crippen LogP contribution in [-0.4, -0.2) is 64.0 Å². The van der Waals surface area contributed by atoms with Gasteiger partial charge in [-0.3, -0.25) is 9.79 Å². The number of rotatable bonds is 17. The number of nitrogens with one attached hydrogen (secondary N) is 2. The van der Waals surface area contributed by atoms with E-state index in [2.05, 4.69) is 22.0 Å². The number of nitrogens with zero attached hydrogens (tertiary/aromatic N) is 1. The van der Waals surface area contributed by atoms with Gasteiger partial charge in [0.1, 0.15) is 17.4 Å². The lowest BCUT2D eigenvalue weighted by Crippen LogP contribution is -2.53. The van der Waals surface area contributed by atoms with Crippen LogP contribution in [0.5, 0.6) is 5.75 Å². The van der Waals surface area contributed by atoms with E-state index in [0.29, 0.717) is 43.6 Å². The highest BCUT2D eigenvalue weighted by Crippen LogP contribution is 2.42. The fraction of sp³-hybridized carbons (Fsp3) is 0.733. The second kappa shape index (κ2) is 15.9. The number of sulfonamides is 1. The first-order valence-corrected chi connectivity index (χ1v) is 16.6. The third-order valence-electron chi connectivity index (χ3n) is 7.68. The van der Waals surface area contributed by atoms with E-state index in [1.165, 1.54) is 0 Å². The molecule has 42 heavy (non-hydrogen) atoms. The zero-order valence-corrected chi connectivity index (χ0v) is 27.6. The number of hydrogen-bond donors (Lipinski definition) is 4. The number of ether oxygens (including phenoxy) is 3. The van der Waals surface area contributed by atoms with Crippen LogP contribution in [0, 0.1) is 20.8 Å². The van der Waals surface area contributed by atoms with E-state index in [1.54, 1.807) is 6.92 Å². The molecular formula is C30H53N5O6S. The van der Waals surface area contributed by atoms with Gasteiger partial charge >= 0.3 is 0 Å². The molecule has 0 spiro atoms. The fourth-order valence-electron chi connectivity index (χ4n) is 5.34. The zero-order chi connectivity index (χ0) is 31.7. The molecule has 2 atom stereocenters. The van der Waals surface area contributed by atoms with E-state index < -0.39 is 34.3 Å². The molecule has 0 bridgehead atoms. The summed E-state index contributed by atoms with van der Waals surface area (Å²) in [5, 5.41) is 3.02. The van der Waals surface area contributed by atoms with E-state index >= 15 is 0 Å². The lowest BCUT2D eigenvalue weighted by molar-refractivity contribution is -0.160. The van der Waals surface area contributed by atoms with Crippen molar-refractivity contribution in [2.45, 2.75) is 129 Å². The van der Waals surface area contributed by atoms with Gasteiger partial charge in [0.25, 0.3) is 0 Å². The molecule has 0 saturated carbocycles. The van der Waals surface area contributed by atoms with Gasteiger partial charge in [0.05, 0.1) is 10.9 Å². The molecule has 1 aromatic rings. The molecule has 6 N–H and O–H groups in total. The SMILES string of the molecule is CCCC[C@H](NC(=O)[C@H](CCCN=C(N)N)NS(=O)(=O)c1c(C)c(C)c2c(c1C)CCC(C)(C)O2)C(OCC)OCC. The predicted molar refractivity (Wildman–Crippen MR) is 166 cm³/mol. The van der Waals surface area contributed by atoms with Crippen LogP contribution >= 0.6 is 0 Å². The smallest absolute Gasteiger partial charge is 0.241 e. The average molecular weight is 612 g/mol. The van der Waals surface area contributed by atoms with Gasteiger partial charge in [-0.15, -0.1) is 0 Å². The highest BCUT2D eigenvalue weighted by Gasteiger charge is 2.36. The molecule has 1 aliphatic heterocycles. The Kier molecular flexibility index (Phi) is 13.5. The second-order valence-electron chi connectivity index (χ2n) is 11.5. The Morgan fingerprint density at radius 2 is 1.67 bits per heavy atom. The average Bonchev–Trinajstić information content (AvgIpc) is 2.90. The summed E-state index contributed by atoms with van der Waals surface area (Å²) in [5.41, 5.74) is 13.5. The number of guanidine groups is 1. The number of hydrogen-bond acceptors (Lipinski definition) is 7. The molecule has 1 heterocycles. The van der Waals surface area contributed by atoms with Crippen LogP contribution in [-0.2, 0) is 30.7 Å². The third kappa shape index (κ3) is 9.55. The van der Waals surface area contributed by atoms with Crippen molar-refractivity contribution in [2.75, 3.05) is 19.8 Å². The van der Waals surface area contributed by atoms with Gasteiger partial charge in [-0.05, 0) is 103 Å². The second-order valence-corrected chi connectivity index (χ2v) is 13.2. The van der Waals surface area contributed by atoms with Crippen molar-refractivity contribution in [3.05, 3.63) is 22.3 Å². The Bertz CT molecular complexity index is 1190. The van der Waals surface area contributed by atoms with Crippen LogP contribution in [0.3, 0.4) is 0 Å². The number of nitrogens with two attached hydrogens (primary N) is 2. The maximum atomic E-state index is 14.0. The van der Waals surface area contributed by atoms with Gasteiger partial charge in [0, 0.05) is 19.8 Å². The van der Waals surface area contributed by atoms with Gasteiger partial charge in [0.2, 0.25) is 15.9 Å². The first kappa shape index (κ1) is 35.8. The standard InChI is InChI=1S/C30H53N5O6S/c1-9-12-14-24(28(39-10-2)40-11-3)34-27(36)23(15-13-18-33-29(31)32)35-42(37,38)26-20(5)19(4)25-22(21(26)6)16-17-30(7,8)41-25/h23-24,28,35H,9-18H2,1-8H3,(H,34,36)(H4,31,32,33)/t23-,24-/m0/s1. The van der Waals surface area contributed by atoms with Crippen LogP contribution in [0.2, 0.25) is 0 Å². The van der Waals surface area contributed by atoms with E-state index in [9.17, 15) is 13.2 Å². The molecule has 12 heteroatoms. The number of amides is 1. The van der Waals surface area contributed by atoms with Gasteiger partial charge in [-0.2, -0.15) is 4.72 Å². The molecule has 1 aromatic carbocycles. The minimum atomic E-state index is -4.11. The molecule has 1 amide bonds. The highest BCUT2D eigenvalue weighted by atomic mass is 32.2. The molecule has 0 aliphatic carbocycles. The number of fused-ring (bicyclic) bond motifs is 1. The quantitative estimate of drug-likeness (QED) is 0.0899. The van der Waals surface area contributed by atoms with E-state index in [1.807, 2.05) is 41.5 Å². The summed E-state index contributed by atoms with van der Waals surface area (Å²) in [4.78, 5) is 17.9. The predicted octanol–water partition coefficient (Wildman–Crippen LogP) is 3.49. The number of aliphatic imine (C=N–C) groups is 1. The highest BCUT2D eigenvalue weighted by molar-refractivity contribution is 7.89. The topological polar surface area (TPSA) is 167 Å². The van der Waals surface area contributed by atoms with Crippen molar-refractivity contribution in [1.82, 2.24) is 10.0 Å².